The van der Waals surface area contributed by atoms with Crippen molar-refractivity contribution >= 4 is 29.1 Å². The molecule has 2 amide bonds. The Morgan fingerprint density at radius 2 is 1.74 bits per heavy atom. The van der Waals surface area contributed by atoms with Gasteiger partial charge in [-0.2, -0.15) is 0 Å². The van der Waals surface area contributed by atoms with Crippen molar-refractivity contribution in [1.82, 2.24) is 5.32 Å². The fourth-order valence-corrected chi connectivity index (χ4v) is 2.28. The molecule has 0 bridgehead atoms. The zero-order chi connectivity index (χ0) is 16.8. The smallest absolute Gasteiger partial charge is 0.228 e. The molecule has 0 spiro atoms. The molecule has 120 valence electrons. The Labute approximate surface area is 138 Å². The van der Waals surface area contributed by atoms with Gasteiger partial charge in [-0.1, -0.05) is 29.8 Å². The largest absolute Gasteiger partial charge is 0.359 e. The van der Waals surface area contributed by atoms with Crippen LogP contribution in [0.25, 0.3) is 0 Å². The number of amides is 2. The van der Waals surface area contributed by atoms with E-state index < -0.39 is 5.82 Å². The molecular weight excluding hydrogens is 319 g/mol. The molecule has 2 N–H and O–H groups in total. The molecule has 2 aromatic carbocycles. The first-order valence-electron chi connectivity index (χ1n) is 7.02. The van der Waals surface area contributed by atoms with Crippen molar-refractivity contribution in [1.29, 1.82) is 0 Å². The first-order valence-corrected chi connectivity index (χ1v) is 7.39. The average Bonchev–Trinajstić information content (AvgIpc) is 2.53. The van der Waals surface area contributed by atoms with Gasteiger partial charge in [0.25, 0.3) is 0 Å². The average molecular weight is 335 g/mol. The molecule has 0 aliphatic rings. The molecule has 0 atom stereocenters. The fraction of sp³-hybridized carbons (Fsp3) is 0.176. The lowest BCUT2D eigenvalue weighted by atomic mass is 10.1. The van der Waals surface area contributed by atoms with Crippen LogP contribution >= 0.6 is 11.6 Å². The number of likely N-dealkylation sites (N-methyl/N-ethyl adjacent to an activating group) is 1. The number of carbonyl (C=O) groups excluding carboxylic acids is 2. The number of carbonyl (C=O) groups is 2. The maximum atomic E-state index is 13.7. The molecule has 0 aliphatic heterocycles. The van der Waals surface area contributed by atoms with E-state index >= 15 is 0 Å². The van der Waals surface area contributed by atoms with Gasteiger partial charge in [-0.3, -0.25) is 9.59 Å². The van der Waals surface area contributed by atoms with E-state index in [1.54, 1.807) is 37.4 Å². The van der Waals surface area contributed by atoms with Crippen LogP contribution in [0.4, 0.5) is 10.1 Å². The summed E-state index contributed by atoms with van der Waals surface area (Å²) in [6, 6.07) is 11.2. The van der Waals surface area contributed by atoms with E-state index in [1.165, 1.54) is 12.1 Å². The van der Waals surface area contributed by atoms with Gasteiger partial charge >= 0.3 is 0 Å². The topological polar surface area (TPSA) is 58.2 Å². The number of hydrogen-bond donors (Lipinski definition) is 2. The highest BCUT2D eigenvalue weighted by Gasteiger charge is 2.12. The van der Waals surface area contributed by atoms with Gasteiger partial charge < -0.3 is 10.6 Å². The first-order chi connectivity index (χ1) is 11.0. The Kier molecular flexibility index (Phi) is 5.71. The second-order valence-corrected chi connectivity index (χ2v) is 5.38. The Balaban J connectivity index is 1.99. The molecule has 0 aromatic heterocycles. The minimum Gasteiger partial charge on any atom is -0.359 e. The monoisotopic (exact) mass is 334 g/mol. The lowest BCUT2D eigenvalue weighted by Crippen LogP contribution is -2.20. The summed E-state index contributed by atoms with van der Waals surface area (Å²) in [4.78, 5) is 23.3. The number of anilines is 1. The van der Waals surface area contributed by atoms with Gasteiger partial charge in [0, 0.05) is 23.3 Å². The Bertz CT molecular complexity index is 697. The fourth-order valence-electron chi connectivity index (χ4n) is 2.05. The summed E-state index contributed by atoms with van der Waals surface area (Å²) in [6.07, 6.45) is 0.126. The minimum atomic E-state index is -0.506. The summed E-state index contributed by atoms with van der Waals surface area (Å²) in [7, 11) is 1.57. The molecule has 6 heteroatoms. The lowest BCUT2D eigenvalue weighted by molar-refractivity contribution is -0.120. The quantitative estimate of drug-likeness (QED) is 0.883. The number of nitrogens with one attached hydrogen (secondary N) is 2. The molecule has 0 fully saturated rings. The second kappa shape index (κ2) is 7.74. The highest BCUT2D eigenvalue weighted by molar-refractivity contribution is 6.31. The number of benzene rings is 2. The molecule has 0 aliphatic carbocycles. The summed E-state index contributed by atoms with van der Waals surface area (Å²) in [5, 5.41) is 5.44. The van der Waals surface area contributed by atoms with Crippen molar-refractivity contribution in [3.63, 3.8) is 0 Å². The molecule has 2 rings (SSSR count). The predicted molar refractivity (Wildman–Crippen MR) is 88.0 cm³/mol. The number of rotatable bonds is 5. The van der Waals surface area contributed by atoms with Gasteiger partial charge in [0.1, 0.15) is 5.82 Å². The van der Waals surface area contributed by atoms with Gasteiger partial charge in [0.2, 0.25) is 11.8 Å². The highest BCUT2D eigenvalue weighted by atomic mass is 35.5. The predicted octanol–water partition coefficient (Wildman–Crippen LogP) is 2.95. The normalized spacial score (nSPS) is 10.2. The van der Waals surface area contributed by atoms with Crippen molar-refractivity contribution < 1.29 is 14.0 Å². The number of hydrogen-bond acceptors (Lipinski definition) is 2. The zero-order valence-corrected chi connectivity index (χ0v) is 13.3. The van der Waals surface area contributed by atoms with Gasteiger partial charge in [-0.15, -0.1) is 0 Å². The molecule has 0 saturated heterocycles. The van der Waals surface area contributed by atoms with Crippen molar-refractivity contribution in [2.75, 3.05) is 12.4 Å². The van der Waals surface area contributed by atoms with Crippen molar-refractivity contribution in [3.05, 3.63) is 64.4 Å². The molecule has 4 nitrogen and oxygen atoms in total. The van der Waals surface area contributed by atoms with Crippen LogP contribution in [0.5, 0.6) is 0 Å². The van der Waals surface area contributed by atoms with Gasteiger partial charge in [0.15, 0.2) is 0 Å². The van der Waals surface area contributed by atoms with E-state index in [9.17, 15) is 14.0 Å². The van der Waals surface area contributed by atoms with Gasteiger partial charge in [-0.05, 0) is 29.8 Å². The van der Waals surface area contributed by atoms with Crippen molar-refractivity contribution in [2.45, 2.75) is 12.8 Å². The first kappa shape index (κ1) is 17.0. The maximum Gasteiger partial charge on any atom is 0.228 e. The molecule has 0 radical (unpaired) electrons. The second-order valence-electron chi connectivity index (χ2n) is 4.97. The summed E-state index contributed by atoms with van der Waals surface area (Å²) in [6.45, 7) is 0. The van der Waals surface area contributed by atoms with Gasteiger partial charge in [0.05, 0.1) is 12.8 Å². The Morgan fingerprint density at radius 1 is 1.04 bits per heavy atom. The molecule has 23 heavy (non-hydrogen) atoms. The van der Waals surface area contributed by atoms with Crippen LogP contribution in [0.15, 0.2) is 42.5 Å². The third-order valence-corrected chi connectivity index (χ3v) is 3.63. The Hall–Kier alpha value is -2.40. The summed E-state index contributed by atoms with van der Waals surface area (Å²) < 4.78 is 13.7. The molecule has 2 aromatic rings. The Morgan fingerprint density at radius 3 is 2.35 bits per heavy atom. The van der Waals surface area contributed by atoms with E-state index in [0.717, 1.165) is 5.56 Å². The maximum absolute atomic E-state index is 13.7. The zero-order valence-electron chi connectivity index (χ0n) is 12.5. The van der Waals surface area contributed by atoms with E-state index in [4.69, 9.17) is 11.6 Å². The van der Waals surface area contributed by atoms with Crippen LogP contribution in [-0.4, -0.2) is 18.9 Å². The molecule has 0 unspecified atom stereocenters. The molecular formula is C17H16ClFN2O2. The van der Waals surface area contributed by atoms with Crippen LogP contribution in [0.2, 0.25) is 5.02 Å². The summed E-state index contributed by atoms with van der Waals surface area (Å²) >= 11 is 5.90. The van der Waals surface area contributed by atoms with E-state index in [1.807, 2.05) is 0 Å². The SMILES string of the molecule is CNC(=O)Cc1ccc(NC(=O)Cc2c(F)cccc2Cl)cc1. The van der Waals surface area contributed by atoms with Crippen LogP contribution in [0, 0.1) is 5.82 Å². The number of halogens is 2. The summed E-state index contributed by atoms with van der Waals surface area (Å²) in [5.74, 6) is -0.958. The highest BCUT2D eigenvalue weighted by Crippen LogP contribution is 2.20. The van der Waals surface area contributed by atoms with Crippen LogP contribution in [0.1, 0.15) is 11.1 Å². The van der Waals surface area contributed by atoms with E-state index in [0.29, 0.717) is 5.69 Å². The van der Waals surface area contributed by atoms with Crippen molar-refractivity contribution in [2.24, 2.45) is 0 Å². The third-order valence-electron chi connectivity index (χ3n) is 3.28. The van der Waals surface area contributed by atoms with E-state index in [-0.39, 0.29) is 35.2 Å². The summed E-state index contributed by atoms with van der Waals surface area (Å²) in [5.41, 5.74) is 1.57. The standard InChI is InChI=1S/C17H16ClFN2O2/c1-20-16(22)9-11-5-7-12(8-6-11)21-17(23)10-13-14(18)3-2-4-15(13)19/h2-8H,9-10H2,1H3,(H,20,22)(H,21,23). The third kappa shape index (κ3) is 4.79. The van der Waals surface area contributed by atoms with Crippen LogP contribution < -0.4 is 10.6 Å². The molecule has 0 heterocycles. The lowest BCUT2D eigenvalue weighted by Gasteiger charge is -2.08. The van der Waals surface area contributed by atoms with Gasteiger partial charge in [-0.25, -0.2) is 4.39 Å². The van der Waals surface area contributed by atoms with Crippen molar-refractivity contribution in [3.8, 4) is 0 Å². The van der Waals surface area contributed by atoms with E-state index in [2.05, 4.69) is 10.6 Å². The van der Waals surface area contributed by atoms with Crippen LogP contribution in [0.3, 0.4) is 0 Å². The molecule has 0 saturated carbocycles. The van der Waals surface area contributed by atoms with Crippen LogP contribution in [-0.2, 0) is 22.4 Å². The minimum absolute atomic E-state index is 0.0871.